The molecular weight excluding hydrogens is 316 g/mol. The molecule has 1 amide bonds. The summed E-state index contributed by atoms with van der Waals surface area (Å²) in [6, 6.07) is 11.1. The van der Waals surface area contributed by atoms with E-state index in [4.69, 9.17) is 0 Å². The fourth-order valence-electron chi connectivity index (χ4n) is 3.61. The van der Waals surface area contributed by atoms with E-state index in [1.807, 2.05) is 46.1 Å². The molecule has 1 atom stereocenters. The first-order valence-corrected chi connectivity index (χ1v) is 8.52. The van der Waals surface area contributed by atoms with Crippen molar-refractivity contribution in [3.05, 3.63) is 64.7 Å². The third-order valence-electron chi connectivity index (χ3n) is 4.97. The number of carbonyl (C=O) groups excluding carboxylic acids is 1. The van der Waals surface area contributed by atoms with Gasteiger partial charge in [-0.15, -0.1) is 0 Å². The van der Waals surface area contributed by atoms with Gasteiger partial charge >= 0.3 is 0 Å². The van der Waals surface area contributed by atoms with Gasteiger partial charge in [-0.25, -0.2) is 0 Å². The van der Waals surface area contributed by atoms with Gasteiger partial charge in [0.15, 0.2) is 0 Å². The first kappa shape index (κ1) is 15.6. The smallest absolute Gasteiger partial charge is 0.254 e. The lowest BCUT2D eigenvalue weighted by Gasteiger charge is -2.33. The van der Waals surface area contributed by atoms with Crippen LogP contribution < -0.4 is 5.56 Å². The lowest BCUT2D eigenvalue weighted by atomic mass is 10.0. The van der Waals surface area contributed by atoms with Crippen molar-refractivity contribution in [1.29, 1.82) is 0 Å². The SMILES string of the molecule is Cn1c(=O)cc(C(=O)N2CCC[C@@H](n3cccn3)C2)c2ccccc21. The summed E-state index contributed by atoms with van der Waals surface area (Å²) in [5.41, 5.74) is 1.10. The first-order valence-electron chi connectivity index (χ1n) is 8.52. The summed E-state index contributed by atoms with van der Waals surface area (Å²) in [4.78, 5) is 27.3. The van der Waals surface area contributed by atoms with E-state index in [1.54, 1.807) is 17.8 Å². The van der Waals surface area contributed by atoms with Gasteiger partial charge in [-0.1, -0.05) is 18.2 Å². The number of benzene rings is 1. The Morgan fingerprint density at radius 2 is 2.08 bits per heavy atom. The van der Waals surface area contributed by atoms with Crippen LogP contribution in [-0.2, 0) is 7.05 Å². The van der Waals surface area contributed by atoms with Gasteiger partial charge < -0.3 is 9.47 Å². The molecule has 0 aliphatic carbocycles. The molecule has 0 bridgehead atoms. The number of fused-ring (bicyclic) bond motifs is 1. The number of pyridine rings is 1. The summed E-state index contributed by atoms with van der Waals surface area (Å²) in [6.07, 6.45) is 5.63. The summed E-state index contributed by atoms with van der Waals surface area (Å²) in [5, 5.41) is 5.12. The maximum atomic E-state index is 13.1. The van der Waals surface area contributed by atoms with Crippen molar-refractivity contribution in [2.45, 2.75) is 18.9 Å². The Hall–Kier alpha value is -2.89. The van der Waals surface area contributed by atoms with Crippen molar-refractivity contribution in [3.8, 4) is 0 Å². The second kappa shape index (κ2) is 6.20. The Bertz CT molecular complexity index is 975. The van der Waals surface area contributed by atoms with Gasteiger partial charge in [0, 0.05) is 44.0 Å². The molecule has 2 aromatic heterocycles. The minimum Gasteiger partial charge on any atom is -0.336 e. The molecule has 4 rings (SSSR count). The van der Waals surface area contributed by atoms with E-state index < -0.39 is 0 Å². The maximum Gasteiger partial charge on any atom is 0.254 e. The number of para-hydroxylation sites is 1. The molecule has 6 heteroatoms. The zero-order chi connectivity index (χ0) is 17.4. The van der Waals surface area contributed by atoms with Crippen LogP contribution in [0.15, 0.2) is 53.6 Å². The topological polar surface area (TPSA) is 60.1 Å². The molecule has 1 aliphatic rings. The van der Waals surface area contributed by atoms with Crippen molar-refractivity contribution in [3.63, 3.8) is 0 Å². The van der Waals surface area contributed by atoms with Crippen LogP contribution in [0.2, 0.25) is 0 Å². The third kappa shape index (κ3) is 2.73. The Kier molecular flexibility index (Phi) is 3.87. The number of amides is 1. The van der Waals surface area contributed by atoms with E-state index in [-0.39, 0.29) is 17.5 Å². The van der Waals surface area contributed by atoms with Crippen molar-refractivity contribution in [1.82, 2.24) is 19.2 Å². The van der Waals surface area contributed by atoms with Crippen LogP contribution >= 0.6 is 0 Å². The molecule has 1 aromatic carbocycles. The zero-order valence-electron chi connectivity index (χ0n) is 14.1. The van der Waals surface area contributed by atoms with Gasteiger partial charge in [-0.2, -0.15) is 5.10 Å². The minimum atomic E-state index is -0.164. The molecule has 3 heterocycles. The Morgan fingerprint density at radius 3 is 2.88 bits per heavy atom. The maximum absolute atomic E-state index is 13.1. The lowest BCUT2D eigenvalue weighted by molar-refractivity contribution is 0.0674. The number of hydrogen-bond donors (Lipinski definition) is 0. The normalized spacial score (nSPS) is 17.8. The average Bonchev–Trinajstić information content (AvgIpc) is 3.19. The second-order valence-electron chi connectivity index (χ2n) is 6.51. The quantitative estimate of drug-likeness (QED) is 0.721. The molecule has 0 radical (unpaired) electrons. The van der Waals surface area contributed by atoms with E-state index in [9.17, 15) is 9.59 Å². The van der Waals surface area contributed by atoms with Crippen molar-refractivity contribution >= 4 is 16.8 Å². The van der Waals surface area contributed by atoms with Crippen molar-refractivity contribution in [2.75, 3.05) is 13.1 Å². The van der Waals surface area contributed by atoms with E-state index in [2.05, 4.69) is 5.10 Å². The summed E-state index contributed by atoms with van der Waals surface area (Å²) in [6.45, 7) is 1.32. The van der Waals surface area contributed by atoms with Gasteiger partial charge in [-0.3, -0.25) is 14.3 Å². The van der Waals surface area contributed by atoms with E-state index >= 15 is 0 Å². The highest BCUT2D eigenvalue weighted by molar-refractivity contribution is 6.06. The number of aryl methyl sites for hydroxylation is 1. The standard InChI is InChI=1S/C19H20N4O2/c1-21-17-8-3-2-7-15(17)16(12-18(21)24)19(25)22-10-4-6-14(13-22)23-11-5-9-20-23/h2-3,5,7-9,11-12,14H,4,6,10,13H2,1H3/t14-/m1/s1. The molecule has 3 aromatic rings. The van der Waals surface area contributed by atoms with E-state index in [1.165, 1.54) is 6.07 Å². The molecule has 6 nitrogen and oxygen atoms in total. The molecular formula is C19H20N4O2. The number of aromatic nitrogens is 3. The van der Waals surface area contributed by atoms with Gasteiger partial charge in [0.25, 0.3) is 11.5 Å². The summed E-state index contributed by atoms with van der Waals surface area (Å²) < 4.78 is 3.50. The van der Waals surface area contributed by atoms with Crippen LogP contribution in [0.25, 0.3) is 10.9 Å². The fourth-order valence-corrected chi connectivity index (χ4v) is 3.61. The van der Waals surface area contributed by atoms with Crippen LogP contribution in [-0.4, -0.2) is 38.2 Å². The molecule has 0 N–H and O–H groups in total. The number of likely N-dealkylation sites (tertiary alicyclic amines) is 1. The second-order valence-corrected chi connectivity index (χ2v) is 6.51. The molecule has 1 saturated heterocycles. The Morgan fingerprint density at radius 1 is 1.24 bits per heavy atom. The largest absolute Gasteiger partial charge is 0.336 e. The molecule has 1 aliphatic heterocycles. The van der Waals surface area contributed by atoms with Crippen LogP contribution in [0.1, 0.15) is 29.2 Å². The zero-order valence-corrected chi connectivity index (χ0v) is 14.1. The number of nitrogens with zero attached hydrogens (tertiary/aromatic N) is 4. The molecule has 0 spiro atoms. The minimum absolute atomic E-state index is 0.0780. The first-order chi connectivity index (χ1) is 12.1. The molecule has 0 unspecified atom stereocenters. The van der Waals surface area contributed by atoms with E-state index in [0.29, 0.717) is 18.7 Å². The Labute approximate surface area is 145 Å². The lowest BCUT2D eigenvalue weighted by Crippen LogP contribution is -2.41. The molecule has 128 valence electrons. The summed E-state index contributed by atoms with van der Waals surface area (Å²) in [5.74, 6) is -0.0780. The molecule has 1 fully saturated rings. The summed E-state index contributed by atoms with van der Waals surface area (Å²) >= 11 is 0. The molecule has 0 saturated carbocycles. The monoisotopic (exact) mass is 336 g/mol. The highest BCUT2D eigenvalue weighted by Crippen LogP contribution is 2.24. The average molecular weight is 336 g/mol. The van der Waals surface area contributed by atoms with Crippen LogP contribution in [0.5, 0.6) is 0 Å². The van der Waals surface area contributed by atoms with Crippen molar-refractivity contribution in [2.24, 2.45) is 7.05 Å². The van der Waals surface area contributed by atoms with Crippen LogP contribution in [0, 0.1) is 0 Å². The highest BCUT2D eigenvalue weighted by atomic mass is 16.2. The number of piperidine rings is 1. The molecule has 25 heavy (non-hydrogen) atoms. The van der Waals surface area contributed by atoms with Gasteiger partial charge in [-0.05, 0) is 25.0 Å². The number of carbonyl (C=O) groups is 1. The van der Waals surface area contributed by atoms with Crippen molar-refractivity contribution < 1.29 is 4.79 Å². The third-order valence-corrected chi connectivity index (χ3v) is 4.97. The Balaban J connectivity index is 1.70. The van der Waals surface area contributed by atoms with E-state index in [0.717, 1.165) is 23.7 Å². The van der Waals surface area contributed by atoms with Gasteiger partial charge in [0.05, 0.1) is 17.1 Å². The van der Waals surface area contributed by atoms with Gasteiger partial charge in [0.1, 0.15) is 0 Å². The van der Waals surface area contributed by atoms with Gasteiger partial charge in [0.2, 0.25) is 0 Å². The predicted octanol–water partition coefficient (Wildman–Crippen LogP) is 2.21. The van der Waals surface area contributed by atoms with Crippen LogP contribution in [0.4, 0.5) is 0 Å². The summed E-state index contributed by atoms with van der Waals surface area (Å²) in [7, 11) is 1.73. The highest BCUT2D eigenvalue weighted by Gasteiger charge is 2.27. The predicted molar refractivity (Wildman–Crippen MR) is 95.6 cm³/mol. The number of hydrogen-bond acceptors (Lipinski definition) is 3. The van der Waals surface area contributed by atoms with Crippen LogP contribution in [0.3, 0.4) is 0 Å². The fraction of sp³-hybridized carbons (Fsp3) is 0.316. The number of rotatable bonds is 2.